The van der Waals surface area contributed by atoms with E-state index in [1.54, 1.807) is 0 Å². The molecule has 0 aromatic carbocycles. The van der Waals surface area contributed by atoms with E-state index in [0.717, 1.165) is 21.8 Å². The number of carbonyl (C=O) groups excluding carboxylic acids is 1. The van der Waals surface area contributed by atoms with E-state index in [4.69, 9.17) is 0 Å². The van der Waals surface area contributed by atoms with Crippen LogP contribution in [0.3, 0.4) is 0 Å². The van der Waals surface area contributed by atoms with E-state index in [0.29, 0.717) is 0 Å². The number of hydrogen-bond acceptors (Lipinski definition) is 2. The second kappa shape index (κ2) is 4.88. The smallest absolute Gasteiger partial charge is 0.265 e. The summed E-state index contributed by atoms with van der Waals surface area (Å²) in [5, 5.41) is 1.95. The molecule has 4 heteroatoms. The molecule has 2 rings (SSSR count). The van der Waals surface area contributed by atoms with Crippen LogP contribution < -0.4 is 0 Å². The van der Waals surface area contributed by atoms with Crippen molar-refractivity contribution in [2.45, 2.75) is 32.7 Å². The summed E-state index contributed by atoms with van der Waals surface area (Å²) in [6.45, 7) is 5.09. The molecule has 1 aromatic rings. The van der Waals surface area contributed by atoms with E-state index < -0.39 is 0 Å². The Bertz CT molecular complexity index is 384. The molecule has 2 nitrogen and oxygen atoms in total. The maximum absolute atomic E-state index is 12.3. The highest BCUT2D eigenvalue weighted by molar-refractivity contribution is 9.10. The molecule has 1 aliphatic rings. The second-order valence-corrected chi connectivity index (χ2v) is 6.36. The van der Waals surface area contributed by atoms with E-state index in [9.17, 15) is 4.79 Å². The lowest BCUT2D eigenvalue weighted by Gasteiger charge is -2.26. The van der Waals surface area contributed by atoms with Gasteiger partial charge in [-0.2, -0.15) is 0 Å². The van der Waals surface area contributed by atoms with Crippen molar-refractivity contribution in [2.24, 2.45) is 5.92 Å². The van der Waals surface area contributed by atoms with Gasteiger partial charge in [-0.25, -0.2) is 0 Å². The number of amides is 1. The first-order valence-corrected chi connectivity index (χ1v) is 7.31. The lowest BCUT2D eigenvalue weighted by atomic mass is 10.2. The summed E-state index contributed by atoms with van der Waals surface area (Å²) in [6, 6.07) is 2.22. The molecule has 0 saturated heterocycles. The van der Waals surface area contributed by atoms with Gasteiger partial charge in [0.2, 0.25) is 0 Å². The largest absolute Gasteiger partial charge is 0.335 e. The molecular weight excluding hydrogens is 286 g/mol. The molecule has 1 aliphatic carbocycles. The van der Waals surface area contributed by atoms with Crippen LogP contribution in [-0.2, 0) is 0 Å². The van der Waals surface area contributed by atoms with Crippen molar-refractivity contribution >= 4 is 33.2 Å². The van der Waals surface area contributed by atoms with Gasteiger partial charge in [0.1, 0.15) is 4.88 Å². The third-order valence-electron chi connectivity index (χ3n) is 2.85. The van der Waals surface area contributed by atoms with Crippen LogP contribution in [0.15, 0.2) is 15.9 Å². The molecule has 0 radical (unpaired) electrons. The normalized spacial score (nSPS) is 15.5. The van der Waals surface area contributed by atoms with E-state index >= 15 is 0 Å². The van der Waals surface area contributed by atoms with Crippen LogP contribution in [0.2, 0.25) is 0 Å². The molecule has 0 N–H and O–H groups in total. The van der Waals surface area contributed by atoms with Gasteiger partial charge in [-0.1, -0.05) is 0 Å². The number of nitrogens with zero attached hydrogens (tertiary/aromatic N) is 1. The van der Waals surface area contributed by atoms with Crippen LogP contribution in [0.4, 0.5) is 0 Å². The molecule has 1 saturated carbocycles. The number of thiophene rings is 1. The first-order valence-electron chi connectivity index (χ1n) is 5.63. The van der Waals surface area contributed by atoms with Crippen LogP contribution >= 0.6 is 27.3 Å². The average Bonchev–Trinajstić information content (AvgIpc) is 2.95. The van der Waals surface area contributed by atoms with Crippen LogP contribution in [0, 0.1) is 5.92 Å². The maximum atomic E-state index is 12.3. The number of hydrogen-bond donors (Lipinski definition) is 0. The van der Waals surface area contributed by atoms with Crippen molar-refractivity contribution in [3.8, 4) is 0 Å². The molecule has 0 aliphatic heterocycles. The van der Waals surface area contributed by atoms with Gasteiger partial charge in [0.25, 0.3) is 5.91 Å². The highest BCUT2D eigenvalue weighted by atomic mass is 79.9. The monoisotopic (exact) mass is 301 g/mol. The Balaban J connectivity index is 2.13. The van der Waals surface area contributed by atoms with E-state index in [1.807, 2.05) is 16.3 Å². The maximum Gasteiger partial charge on any atom is 0.265 e. The first kappa shape index (κ1) is 12.1. The Kier molecular flexibility index (Phi) is 3.70. The fourth-order valence-corrected chi connectivity index (χ4v) is 3.18. The van der Waals surface area contributed by atoms with Crippen LogP contribution in [0.5, 0.6) is 0 Å². The summed E-state index contributed by atoms with van der Waals surface area (Å²) >= 11 is 4.94. The van der Waals surface area contributed by atoms with Gasteiger partial charge in [0.15, 0.2) is 0 Å². The van der Waals surface area contributed by atoms with Gasteiger partial charge in [-0.05, 0) is 60.0 Å². The lowest BCUT2D eigenvalue weighted by Crippen LogP contribution is -2.38. The molecule has 0 unspecified atom stereocenters. The molecule has 1 amide bonds. The minimum atomic E-state index is 0.170. The van der Waals surface area contributed by atoms with E-state index in [-0.39, 0.29) is 11.9 Å². The van der Waals surface area contributed by atoms with Gasteiger partial charge in [0.05, 0.1) is 0 Å². The zero-order valence-corrected chi connectivity index (χ0v) is 12.0. The fourth-order valence-electron chi connectivity index (χ4n) is 1.68. The van der Waals surface area contributed by atoms with Gasteiger partial charge in [-0.3, -0.25) is 4.79 Å². The van der Waals surface area contributed by atoms with Crippen molar-refractivity contribution in [2.75, 3.05) is 6.54 Å². The van der Waals surface area contributed by atoms with Gasteiger partial charge >= 0.3 is 0 Å². The zero-order valence-electron chi connectivity index (χ0n) is 9.57. The second-order valence-electron chi connectivity index (χ2n) is 4.59. The Labute approximate surface area is 109 Å². The molecule has 0 spiro atoms. The van der Waals surface area contributed by atoms with Gasteiger partial charge in [-0.15, -0.1) is 11.3 Å². The van der Waals surface area contributed by atoms with Crippen molar-refractivity contribution < 1.29 is 4.79 Å². The first-order chi connectivity index (χ1) is 7.59. The Morgan fingerprint density at radius 2 is 2.31 bits per heavy atom. The predicted octanol–water partition coefficient (Wildman–Crippen LogP) is 3.77. The topological polar surface area (TPSA) is 20.3 Å². The molecule has 1 heterocycles. The molecule has 0 bridgehead atoms. The third-order valence-corrected chi connectivity index (χ3v) is 4.67. The lowest BCUT2D eigenvalue weighted by molar-refractivity contribution is 0.0700. The number of halogens is 1. The van der Waals surface area contributed by atoms with Crippen molar-refractivity contribution in [1.29, 1.82) is 0 Å². The molecule has 88 valence electrons. The standard InChI is InChI=1S/C12H16BrNOS/c1-8(2)14(7-9-3-4-9)12(15)11-10(13)5-6-16-11/h5-6,8-9H,3-4,7H2,1-2H3. The Hall–Kier alpha value is -0.350. The number of rotatable bonds is 4. The van der Waals surface area contributed by atoms with Crippen LogP contribution in [-0.4, -0.2) is 23.4 Å². The van der Waals surface area contributed by atoms with Crippen LogP contribution in [0.25, 0.3) is 0 Å². The minimum absolute atomic E-state index is 0.170. The molecule has 0 atom stereocenters. The van der Waals surface area contributed by atoms with Crippen molar-refractivity contribution in [3.05, 3.63) is 20.8 Å². The summed E-state index contributed by atoms with van der Waals surface area (Å²) in [6.07, 6.45) is 2.56. The quantitative estimate of drug-likeness (QED) is 0.829. The summed E-state index contributed by atoms with van der Waals surface area (Å²) in [4.78, 5) is 15.2. The third kappa shape index (κ3) is 2.66. The SMILES string of the molecule is CC(C)N(CC1CC1)C(=O)c1sccc1Br. The van der Waals surface area contributed by atoms with Gasteiger partial charge < -0.3 is 4.90 Å². The summed E-state index contributed by atoms with van der Waals surface area (Å²) in [5.41, 5.74) is 0. The van der Waals surface area contributed by atoms with Gasteiger partial charge in [0, 0.05) is 17.1 Å². The van der Waals surface area contributed by atoms with E-state index in [1.165, 1.54) is 24.2 Å². The molecule has 1 fully saturated rings. The molecule has 16 heavy (non-hydrogen) atoms. The zero-order chi connectivity index (χ0) is 11.7. The average molecular weight is 302 g/mol. The minimum Gasteiger partial charge on any atom is -0.335 e. The molecule has 1 aromatic heterocycles. The van der Waals surface area contributed by atoms with Crippen molar-refractivity contribution in [1.82, 2.24) is 4.90 Å². The Morgan fingerprint density at radius 1 is 1.62 bits per heavy atom. The summed E-state index contributed by atoms with van der Waals surface area (Å²) in [5.74, 6) is 0.911. The Morgan fingerprint density at radius 3 is 2.75 bits per heavy atom. The van der Waals surface area contributed by atoms with E-state index in [2.05, 4.69) is 29.8 Å². The number of carbonyl (C=O) groups is 1. The summed E-state index contributed by atoms with van der Waals surface area (Å²) in [7, 11) is 0. The molecular formula is C12H16BrNOS. The highest BCUT2D eigenvalue weighted by Gasteiger charge is 2.29. The van der Waals surface area contributed by atoms with Crippen LogP contribution in [0.1, 0.15) is 36.4 Å². The highest BCUT2D eigenvalue weighted by Crippen LogP contribution is 2.32. The van der Waals surface area contributed by atoms with Crippen molar-refractivity contribution in [3.63, 3.8) is 0 Å². The summed E-state index contributed by atoms with van der Waals surface area (Å²) < 4.78 is 0.920. The predicted molar refractivity (Wildman–Crippen MR) is 70.9 cm³/mol. The fraction of sp³-hybridized carbons (Fsp3) is 0.583.